The molecule has 0 aromatic rings. The summed E-state index contributed by atoms with van der Waals surface area (Å²) in [5.41, 5.74) is -0.869. The van der Waals surface area contributed by atoms with E-state index in [1.807, 2.05) is 0 Å². The first kappa shape index (κ1) is 42.4. The fourth-order valence-electron chi connectivity index (χ4n) is 9.64. The van der Waals surface area contributed by atoms with Crippen LogP contribution in [0.3, 0.4) is 0 Å². The van der Waals surface area contributed by atoms with Gasteiger partial charge in [-0.2, -0.15) is 0 Å². The summed E-state index contributed by atoms with van der Waals surface area (Å²) in [4.78, 5) is 59.0. The van der Waals surface area contributed by atoms with E-state index in [0.29, 0.717) is 31.6 Å². The van der Waals surface area contributed by atoms with Gasteiger partial charge in [0.2, 0.25) is 0 Å². The molecule has 2 atom stereocenters. The molecule has 0 aromatic carbocycles. The first-order valence-electron chi connectivity index (χ1n) is 19.1. The van der Waals surface area contributed by atoms with Crippen LogP contribution in [-0.4, -0.2) is 88.1 Å². The number of likely N-dealkylation sites (tertiary alicyclic amines) is 2. The second-order valence-corrected chi connectivity index (χ2v) is 20.3. The number of carbonyl (C=O) groups excluding carboxylic acids is 4. The van der Waals surface area contributed by atoms with E-state index < -0.39 is 29.7 Å². The fraction of sp³-hybridized carbons (Fsp3) is 0.902. The molecule has 2 unspecified atom stereocenters. The molecule has 0 aromatic heterocycles. The smallest absolute Gasteiger partial charge is 0.309 e. The van der Waals surface area contributed by atoms with E-state index in [9.17, 15) is 19.2 Å². The van der Waals surface area contributed by atoms with Gasteiger partial charge < -0.3 is 19.0 Å². The van der Waals surface area contributed by atoms with E-state index in [1.54, 1.807) is 0 Å². The molecule has 9 heteroatoms. The summed E-state index contributed by atoms with van der Waals surface area (Å²) >= 11 is 0. The molecule has 0 bridgehead atoms. The highest BCUT2D eigenvalue weighted by Gasteiger charge is 2.48. The predicted octanol–water partition coefficient (Wildman–Crippen LogP) is 7.76. The number of ketones is 1. The lowest BCUT2D eigenvalue weighted by atomic mass is 9.57. The first-order valence-corrected chi connectivity index (χ1v) is 19.1. The van der Waals surface area contributed by atoms with Crippen molar-refractivity contribution in [2.24, 2.45) is 28.6 Å². The topological polar surface area (TPSA) is 102 Å². The molecule has 0 N–H and O–H groups in total. The summed E-state index contributed by atoms with van der Waals surface area (Å²) < 4.78 is 18.5. The number of hydrogen-bond donors (Lipinski definition) is 0. The minimum atomic E-state index is -0.959. The van der Waals surface area contributed by atoms with E-state index in [0.717, 1.165) is 12.8 Å². The molecule has 3 fully saturated rings. The molecular weight excluding hydrogens is 632 g/mol. The Morgan fingerprint density at radius 3 is 1.22 bits per heavy atom. The number of ether oxygens (including phenoxy) is 3. The second kappa shape index (κ2) is 14.8. The Balaban J connectivity index is 1.86. The van der Waals surface area contributed by atoms with Gasteiger partial charge in [0.15, 0.2) is 0 Å². The minimum absolute atomic E-state index is 0.0217. The van der Waals surface area contributed by atoms with Crippen LogP contribution >= 0.6 is 0 Å². The van der Waals surface area contributed by atoms with Crippen LogP contribution in [0.4, 0.5) is 0 Å². The third-order valence-corrected chi connectivity index (χ3v) is 13.4. The third kappa shape index (κ3) is 10.1. The lowest BCUT2D eigenvalue weighted by molar-refractivity contribution is -0.173. The average molecular weight is 705 g/mol. The van der Waals surface area contributed by atoms with Gasteiger partial charge in [0.05, 0.1) is 18.3 Å². The van der Waals surface area contributed by atoms with Gasteiger partial charge in [-0.15, -0.1) is 0 Å². The minimum Gasteiger partial charge on any atom is -0.462 e. The van der Waals surface area contributed by atoms with E-state index in [1.165, 1.54) is 6.92 Å². The molecule has 0 amide bonds. The lowest BCUT2D eigenvalue weighted by Gasteiger charge is -2.53. The molecule has 0 radical (unpaired) electrons. The van der Waals surface area contributed by atoms with Crippen LogP contribution in [0.15, 0.2) is 0 Å². The Bertz CT molecular complexity index is 1210. The summed E-state index contributed by atoms with van der Waals surface area (Å²) in [6.45, 7) is 29.7. The van der Waals surface area contributed by atoms with E-state index in [2.05, 4.69) is 114 Å². The number of carbonyl (C=O) groups is 4. The molecule has 0 spiro atoms. The van der Waals surface area contributed by atoms with Gasteiger partial charge in [-0.1, -0.05) is 34.6 Å². The summed E-state index contributed by atoms with van der Waals surface area (Å²) in [6.07, 6.45) is 2.77. The van der Waals surface area contributed by atoms with Crippen LogP contribution in [0.1, 0.15) is 155 Å². The van der Waals surface area contributed by atoms with E-state index in [-0.39, 0.29) is 76.3 Å². The molecule has 3 rings (SSSR count). The summed E-state index contributed by atoms with van der Waals surface area (Å²) in [7, 11) is 4.18. The van der Waals surface area contributed by atoms with E-state index in [4.69, 9.17) is 14.2 Å². The summed E-state index contributed by atoms with van der Waals surface area (Å²) in [6, 6.07) is 0. The second-order valence-electron chi connectivity index (χ2n) is 20.3. The molecule has 288 valence electrons. The number of nitrogens with zero attached hydrogens (tertiary/aromatic N) is 2. The predicted molar refractivity (Wildman–Crippen MR) is 197 cm³/mol. The molecule has 1 aliphatic carbocycles. The Morgan fingerprint density at radius 1 is 0.560 bits per heavy atom. The average Bonchev–Trinajstić information content (AvgIpc) is 2.91. The standard InChI is InChI=1S/C41H72N2O7/c1-26(44)17-28(34(46)49-31-22-38(7,8)42(15)39(9,10)23-31)18-29(35(47)50-32-24-40(11,12)43(16)41(13,14)25-32)19-33(45)48-30-20-36(3,4)27(2)37(5,6)21-30/h27-32H,17-25H2,1-16H3. The lowest BCUT2D eigenvalue weighted by Crippen LogP contribution is -2.60. The van der Waals surface area contributed by atoms with Gasteiger partial charge in [0.1, 0.15) is 24.1 Å². The molecule has 3 aliphatic rings. The normalized spacial score (nSPS) is 29.0. The maximum atomic E-state index is 14.1. The Morgan fingerprint density at radius 2 is 0.880 bits per heavy atom. The SMILES string of the molecule is CC(=O)CC(CC(CC(=O)OC1CC(C)(C)C(C)C(C)(C)C1)C(=O)OC1CC(C)(C)N(C)C(C)(C)C1)C(=O)OC1CC(C)(C)N(C)C(C)(C)C1. The van der Waals surface area contributed by atoms with Gasteiger partial charge in [-0.05, 0) is 112 Å². The van der Waals surface area contributed by atoms with Crippen molar-refractivity contribution >= 4 is 23.7 Å². The quantitative estimate of drug-likeness (QED) is 0.158. The van der Waals surface area contributed by atoms with Gasteiger partial charge >= 0.3 is 17.9 Å². The van der Waals surface area contributed by atoms with Crippen molar-refractivity contribution in [3.63, 3.8) is 0 Å². The summed E-state index contributed by atoms with van der Waals surface area (Å²) in [5.74, 6) is -3.08. The van der Waals surface area contributed by atoms with Gasteiger partial charge in [0.25, 0.3) is 0 Å². The van der Waals surface area contributed by atoms with Crippen molar-refractivity contribution in [3.05, 3.63) is 0 Å². The molecule has 50 heavy (non-hydrogen) atoms. The highest BCUT2D eigenvalue weighted by molar-refractivity contribution is 5.85. The van der Waals surface area contributed by atoms with Crippen LogP contribution in [0.5, 0.6) is 0 Å². The Labute approximate surface area is 304 Å². The molecule has 2 heterocycles. The fourth-order valence-corrected chi connectivity index (χ4v) is 9.64. The van der Waals surface area contributed by atoms with Crippen molar-refractivity contribution in [2.75, 3.05) is 14.1 Å². The third-order valence-electron chi connectivity index (χ3n) is 13.4. The Kier molecular flexibility index (Phi) is 12.5. The number of esters is 3. The van der Waals surface area contributed by atoms with Crippen molar-refractivity contribution in [2.45, 2.75) is 195 Å². The van der Waals surface area contributed by atoms with E-state index >= 15 is 0 Å². The van der Waals surface area contributed by atoms with Crippen molar-refractivity contribution in [1.29, 1.82) is 0 Å². The zero-order valence-electron chi connectivity index (χ0n) is 34.6. The van der Waals surface area contributed by atoms with Gasteiger partial charge in [0, 0.05) is 54.3 Å². The van der Waals surface area contributed by atoms with Crippen LogP contribution in [0.2, 0.25) is 0 Å². The molecular formula is C41H72N2O7. The van der Waals surface area contributed by atoms with Crippen molar-refractivity contribution in [1.82, 2.24) is 9.80 Å². The Hall–Kier alpha value is -2.00. The van der Waals surface area contributed by atoms with Crippen LogP contribution in [-0.2, 0) is 33.4 Å². The van der Waals surface area contributed by atoms with Crippen molar-refractivity contribution in [3.8, 4) is 0 Å². The zero-order chi connectivity index (χ0) is 38.4. The van der Waals surface area contributed by atoms with Gasteiger partial charge in [-0.25, -0.2) is 0 Å². The molecule has 1 saturated carbocycles. The van der Waals surface area contributed by atoms with Crippen LogP contribution in [0, 0.1) is 28.6 Å². The van der Waals surface area contributed by atoms with Crippen LogP contribution < -0.4 is 0 Å². The highest BCUT2D eigenvalue weighted by atomic mass is 16.6. The number of hydrogen-bond acceptors (Lipinski definition) is 9. The maximum Gasteiger partial charge on any atom is 0.309 e. The monoisotopic (exact) mass is 705 g/mol. The largest absolute Gasteiger partial charge is 0.462 e. The first-order chi connectivity index (χ1) is 22.5. The molecule has 2 aliphatic heterocycles. The number of Topliss-reactive ketones (excluding diaryl/α,β-unsaturated/α-hetero) is 1. The highest BCUT2D eigenvalue weighted by Crippen LogP contribution is 2.51. The molecule has 9 nitrogen and oxygen atoms in total. The number of rotatable bonds is 11. The van der Waals surface area contributed by atoms with Crippen molar-refractivity contribution < 1.29 is 33.4 Å². The summed E-state index contributed by atoms with van der Waals surface area (Å²) in [5, 5.41) is 0. The maximum absolute atomic E-state index is 14.1. The van der Waals surface area contributed by atoms with Crippen LogP contribution in [0.25, 0.3) is 0 Å². The van der Waals surface area contributed by atoms with Gasteiger partial charge in [-0.3, -0.25) is 24.2 Å². The molecule has 2 saturated heterocycles. The zero-order valence-corrected chi connectivity index (χ0v) is 34.6. The number of piperidine rings is 2.